The fourth-order valence-corrected chi connectivity index (χ4v) is 2.63. The van der Waals surface area contributed by atoms with Crippen LogP contribution >= 0.6 is 0 Å². The minimum absolute atomic E-state index is 0.487. The maximum absolute atomic E-state index is 10.8. The Kier molecular flexibility index (Phi) is 5.67. The normalized spacial score (nSPS) is 13.4. The molecule has 5 heteroatoms. The van der Waals surface area contributed by atoms with Crippen LogP contribution in [0.15, 0.2) is 12.7 Å². The van der Waals surface area contributed by atoms with E-state index in [0.717, 1.165) is 6.08 Å². The molecule has 0 aliphatic carbocycles. The first-order valence-corrected chi connectivity index (χ1v) is 7.37. The smallest absolute Gasteiger partial charge is 0.334 e. The van der Waals surface area contributed by atoms with E-state index in [2.05, 4.69) is 6.58 Å². The molecule has 0 amide bonds. The monoisotopic (exact) mass is 218 g/mol. The Morgan fingerprint density at radius 2 is 2.14 bits per heavy atom. The summed E-state index contributed by atoms with van der Waals surface area (Å²) < 4.78 is 15.7. The molecule has 1 atom stereocenters. The van der Waals surface area contributed by atoms with Gasteiger partial charge in [-0.05, 0) is 26.9 Å². The topological polar surface area (TPSA) is 44.8 Å². The van der Waals surface area contributed by atoms with Crippen molar-refractivity contribution >= 4 is 14.5 Å². The van der Waals surface area contributed by atoms with Crippen LogP contribution < -0.4 is 0 Å². The van der Waals surface area contributed by atoms with E-state index in [0.29, 0.717) is 6.61 Å². The maximum atomic E-state index is 10.8. The molecule has 0 saturated carbocycles. The van der Waals surface area contributed by atoms with Gasteiger partial charge in [-0.15, -0.1) is 0 Å². The highest BCUT2D eigenvalue weighted by molar-refractivity contribution is 6.64. The van der Waals surface area contributed by atoms with Crippen LogP contribution in [-0.2, 0) is 18.4 Å². The van der Waals surface area contributed by atoms with Crippen LogP contribution in [0.4, 0.5) is 0 Å². The van der Waals surface area contributed by atoms with E-state index < -0.39 is 20.8 Å². The molecule has 0 N–H and O–H groups in total. The van der Waals surface area contributed by atoms with Gasteiger partial charge in [-0.1, -0.05) is 6.58 Å². The molecule has 0 rings (SSSR count). The van der Waals surface area contributed by atoms with Crippen LogP contribution in [0.5, 0.6) is 0 Å². The van der Waals surface area contributed by atoms with E-state index in [-0.39, 0.29) is 0 Å². The van der Waals surface area contributed by atoms with E-state index >= 15 is 0 Å². The van der Waals surface area contributed by atoms with Crippen molar-refractivity contribution in [1.82, 2.24) is 0 Å². The maximum Gasteiger partial charge on any atom is 0.334 e. The largest absolute Gasteiger partial charge is 0.434 e. The molecule has 1 unspecified atom stereocenters. The molecular formula is C9H18O4Si. The zero-order valence-corrected chi connectivity index (χ0v) is 10.2. The minimum atomic E-state index is -2.16. The Hall–Kier alpha value is -0.653. The third-order valence-corrected chi connectivity index (χ3v) is 3.27. The summed E-state index contributed by atoms with van der Waals surface area (Å²) in [5, 5.41) is 0. The second-order valence-electron chi connectivity index (χ2n) is 3.16. The molecule has 0 heterocycles. The molecule has 0 spiro atoms. The summed E-state index contributed by atoms with van der Waals surface area (Å²) in [6.07, 6.45) is 0.517. The van der Waals surface area contributed by atoms with Crippen molar-refractivity contribution in [1.29, 1.82) is 0 Å². The fourth-order valence-electron chi connectivity index (χ4n) is 1.02. The number of hydrogen-bond acceptors (Lipinski definition) is 4. The molecule has 82 valence electrons. The number of rotatable bonds is 6. The van der Waals surface area contributed by atoms with Crippen LogP contribution in [0.25, 0.3) is 0 Å². The van der Waals surface area contributed by atoms with Gasteiger partial charge in [-0.2, -0.15) is 0 Å². The molecule has 0 aromatic heterocycles. The highest BCUT2D eigenvalue weighted by atomic mass is 28.4. The van der Waals surface area contributed by atoms with Crippen molar-refractivity contribution in [3.05, 3.63) is 12.7 Å². The average molecular weight is 218 g/mol. The second kappa shape index (κ2) is 5.95. The summed E-state index contributed by atoms with van der Waals surface area (Å²) in [5.74, 6) is -0.487. The van der Waals surface area contributed by atoms with Crippen LogP contribution in [0.1, 0.15) is 13.8 Å². The molecule has 0 bridgehead atoms. The number of esters is 1. The first kappa shape index (κ1) is 13.3. The van der Waals surface area contributed by atoms with Crippen LogP contribution in [0.2, 0.25) is 13.1 Å². The molecule has 0 radical (unpaired) electrons. The summed E-state index contributed by atoms with van der Waals surface area (Å²) >= 11 is 0. The van der Waals surface area contributed by atoms with Gasteiger partial charge in [0.2, 0.25) is 0 Å². The van der Waals surface area contributed by atoms with Gasteiger partial charge in [-0.25, -0.2) is 4.79 Å². The summed E-state index contributed by atoms with van der Waals surface area (Å²) in [7, 11) is -2.16. The molecule has 0 aromatic carbocycles. The zero-order valence-electron chi connectivity index (χ0n) is 9.20. The van der Waals surface area contributed by atoms with Gasteiger partial charge in [0.15, 0.2) is 6.29 Å². The summed E-state index contributed by atoms with van der Waals surface area (Å²) in [6.45, 7) is 11.3. The molecule has 4 nitrogen and oxygen atoms in total. The van der Waals surface area contributed by atoms with Crippen LogP contribution in [-0.4, -0.2) is 27.4 Å². The number of carbonyl (C=O) groups excluding carboxylic acids is 1. The van der Waals surface area contributed by atoms with Gasteiger partial charge >= 0.3 is 14.5 Å². The third kappa shape index (κ3) is 5.90. The van der Waals surface area contributed by atoms with Crippen molar-refractivity contribution in [3.63, 3.8) is 0 Å². The molecule has 0 aromatic rings. The minimum Gasteiger partial charge on any atom is -0.434 e. The van der Waals surface area contributed by atoms with E-state index in [1.807, 2.05) is 20.0 Å². The molecule has 14 heavy (non-hydrogen) atoms. The quantitative estimate of drug-likeness (QED) is 0.295. The lowest BCUT2D eigenvalue weighted by Crippen LogP contribution is -2.39. The standard InChI is InChI=1S/C9H18O4Si/c1-6-9(10)12-8(3)13-14(4,5)11-7-2/h6,8H,1,7H2,2-5H3. The van der Waals surface area contributed by atoms with Crippen LogP contribution in [0.3, 0.4) is 0 Å². The number of hydrogen-bond donors (Lipinski definition) is 0. The first-order chi connectivity index (χ1) is 6.41. The van der Waals surface area contributed by atoms with Crippen molar-refractivity contribution in [2.75, 3.05) is 6.61 Å². The lowest BCUT2D eigenvalue weighted by molar-refractivity contribution is -0.157. The third-order valence-electron chi connectivity index (χ3n) is 1.39. The van der Waals surface area contributed by atoms with E-state index in [1.165, 1.54) is 0 Å². The highest BCUT2D eigenvalue weighted by Gasteiger charge is 2.27. The zero-order chi connectivity index (χ0) is 11.2. The summed E-state index contributed by atoms with van der Waals surface area (Å²) in [6, 6.07) is 0. The van der Waals surface area contributed by atoms with Crippen LogP contribution in [0, 0.1) is 0 Å². The van der Waals surface area contributed by atoms with E-state index in [1.54, 1.807) is 6.92 Å². The summed E-state index contributed by atoms with van der Waals surface area (Å²) in [5.41, 5.74) is 0. The fraction of sp³-hybridized carbons (Fsp3) is 0.667. The number of carbonyl (C=O) groups is 1. The SMILES string of the molecule is C=CC(=O)OC(C)O[Si](C)(C)OCC. The van der Waals surface area contributed by atoms with E-state index in [9.17, 15) is 4.79 Å². The summed E-state index contributed by atoms with van der Waals surface area (Å²) in [4.78, 5) is 10.8. The Morgan fingerprint density at radius 1 is 1.57 bits per heavy atom. The molecular weight excluding hydrogens is 200 g/mol. The van der Waals surface area contributed by atoms with Gasteiger partial charge in [0.1, 0.15) is 0 Å². The predicted molar refractivity (Wildman–Crippen MR) is 55.9 cm³/mol. The van der Waals surface area contributed by atoms with Crippen molar-refractivity contribution < 1.29 is 18.4 Å². The van der Waals surface area contributed by atoms with Crippen molar-refractivity contribution in [3.8, 4) is 0 Å². The molecule has 0 aliphatic heterocycles. The average Bonchev–Trinajstić information content (AvgIpc) is 2.02. The Morgan fingerprint density at radius 3 is 2.57 bits per heavy atom. The molecule has 0 aliphatic rings. The van der Waals surface area contributed by atoms with Gasteiger partial charge in [0.05, 0.1) is 0 Å². The lowest BCUT2D eigenvalue weighted by atomic mass is 10.6. The van der Waals surface area contributed by atoms with Gasteiger partial charge < -0.3 is 13.6 Å². The Labute approximate surface area is 86.1 Å². The van der Waals surface area contributed by atoms with Crippen molar-refractivity contribution in [2.24, 2.45) is 0 Å². The predicted octanol–water partition coefficient (Wildman–Crippen LogP) is 1.82. The van der Waals surface area contributed by atoms with Gasteiger partial charge in [0, 0.05) is 12.7 Å². The van der Waals surface area contributed by atoms with Crippen molar-refractivity contribution in [2.45, 2.75) is 33.2 Å². The highest BCUT2D eigenvalue weighted by Crippen LogP contribution is 2.10. The Balaban J connectivity index is 3.97. The first-order valence-electron chi connectivity index (χ1n) is 4.56. The second-order valence-corrected chi connectivity index (χ2v) is 6.48. The number of ether oxygens (including phenoxy) is 1. The van der Waals surface area contributed by atoms with E-state index in [4.69, 9.17) is 13.6 Å². The Bertz CT molecular complexity index is 203. The van der Waals surface area contributed by atoms with Gasteiger partial charge in [0.25, 0.3) is 0 Å². The molecule has 0 fully saturated rings. The van der Waals surface area contributed by atoms with Gasteiger partial charge in [-0.3, -0.25) is 0 Å². The lowest BCUT2D eigenvalue weighted by Gasteiger charge is -2.25. The molecule has 0 saturated heterocycles.